The van der Waals surface area contributed by atoms with Gasteiger partial charge in [-0.2, -0.15) is 0 Å². The molecule has 1 aromatic heterocycles. The Bertz CT molecular complexity index is 932. The molecule has 9 heteroatoms. The third-order valence-corrected chi connectivity index (χ3v) is 5.21. The fourth-order valence-electron chi connectivity index (χ4n) is 3.49. The first kappa shape index (κ1) is 19.0. The molecule has 152 valence electrons. The van der Waals surface area contributed by atoms with E-state index in [1.165, 1.54) is 16.8 Å². The quantitative estimate of drug-likeness (QED) is 0.790. The van der Waals surface area contributed by atoms with E-state index in [1.54, 1.807) is 12.3 Å². The largest absolute Gasteiger partial charge is 0.489 e. The molecule has 2 amide bonds. The van der Waals surface area contributed by atoms with Crippen LogP contribution in [0.3, 0.4) is 0 Å². The lowest BCUT2D eigenvalue weighted by atomic mass is 10.0. The van der Waals surface area contributed by atoms with Gasteiger partial charge in [-0.15, -0.1) is 0 Å². The Morgan fingerprint density at radius 2 is 2.10 bits per heavy atom. The highest BCUT2D eigenvalue weighted by molar-refractivity contribution is 5.94. The summed E-state index contributed by atoms with van der Waals surface area (Å²) in [6.45, 7) is 0.377. The maximum Gasteiger partial charge on any atom is 0.415 e. The third-order valence-electron chi connectivity index (χ3n) is 5.21. The summed E-state index contributed by atoms with van der Waals surface area (Å²) in [5.41, 5.74) is 3.18. The smallest absolute Gasteiger partial charge is 0.415 e. The van der Waals surface area contributed by atoms with E-state index in [9.17, 15) is 14.7 Å². The van der Waals surface area contributed by atoms with Crippen molar-refractivity contribution in [1.29, 1.82) is 0 Å². The highest BCUT2D eigenvalue weighted by atomic mass is 16.6. The van der Waals surface area contributed by atoms with Gasteiger partial charge in [0.1, 0.15) is 18.4 Å². The molecular weight excluding hydrogens is 378 g/mol. The van der Waals surface area contributed by atoms with E-state index in [4.69, 9.17) is 14.6 Å². The summed E-state index contributed by atoms with van der Waals surface area (Å²) in [6.07, 6.45) is 0.219. The highest BCUT2D eigenvalue weighted by Gasteiger charge is 2.46. The predicted octanol–water partition coefficient (Wildman–Crippen LogP) is 1.98. The molecule has 9 nitrogen and oxygen atoms in total. The van der Waals surface area contributed by atoms with Crippen LogP contribution in [0.15, 0.2) is 36.5 Å². The number of aromatic nitrogens is 1. The topological polar surface area (TPSA) is 112 Å². The van der Waals surface area contributed by atoms with Crippen molar-refractivity contribution in [3.8, 4) is 16.9 Å². The number of ether oxygens (including phenoxy) is 2. The molecular formula is C20H21N3O6. The van der Waals surface area contributed by atoms with Crippen LogP contribution in [0.2, 0.25) is 0 Å². The maximum atomic E-state index is 12.2. The van der Waals surface area contributed by atoms with Crippen molar-refractivity contribution in [1.82, 2.24) is 9.88 Å². The van der Waals surface area contributed by atoms with Crippen LogP contribution in [0.25, 0.3) is 11.1 Å². The van der Waals surface area contributed by atoms with E-state index in [-0.39, 0.29) is 19.3 Å². The summed E-state index contributed by atoms with van der Waals surface area (Å²) in [5, 5.41) is 18.3. The zero-order valence-corrected chi connectivity index (χ0v) is 15.8. The zero-order chi connectivity index (χ0) is 20.5. The Kier molecular flexibility index (Phi) is 4.98. The van der Waals surface area contributed by atoms with Gasteiger partial charge in [0.25, 0.3) is 0 Å². The number of carbonyl (C=O) groups is 2. The van der Waals surface area contributed by atoms with E-state index in [0.717, 1.165) is 16.8 Å². The van der Waals surface area contributed by atoms with Crippen LogP contribution in [-0.4, -0.2) is 71.2 Å². The SMILES string of the molecule is CN(CCc1ccc(-c2ccc3c(c2)OCC2C(CO)OC(=O)N32)cn1)C(=O)O. The number of benzene rings is 1. The molecule has 2 aliphatic rings. The third kappa shape index (κ3) is 3.56. The van der Waals surface area contributed by atoms with Crippen LogP contribution in [0.4, 0.5) is 15.3 Å². The van der Waals surface area contributed by atoms with Crippen molar-refractivity contribution in [2.75, 3.05) is 31.7 Å². The fourth-order valence-corrected chi connectivity index (χ4v) is 3.49. The molecule has 0 aliphatic carbocycles. The molecule has 1 fully saturated rings. The van der Waals surface area contributed by atoms with Gasteiger partial charge in [-0.1, -0.05) is 12.1 Å². The van der Waals surface area contributed by atoms with Gasteiger partial charge < -0.3 is 24.6 Å². The molecule has 0 saturated carbocycles. The molecule has 1 aromatic carbocycles. The van der Waals surface area contributed by atoms with Crippen LogP contribution in [0.5, 0.6) is 5.75 Å². The first-order valence-electron chi connectivity index (χ1n) is 9.25. The summed E-state index contributed by atoms with van der Waals surface area (Å²) in [5.74, 6) is 0.571. The van der Waals surface area contributed by atoms with Crippen molar-refractivity contribution >= 4 is 17.9 Å². The van der Waals surface area contributed by atoms with Crippen molar-refractivity contribution in [3.05, 3.63) is 42.2 Å². The summed E-state index contributed by atoms with van der Waals surface area (Å²) >= 11 is 0. The number of anilines is 1. The van der Waals surface area contributed by atoms with Crippen LogP contribution >= 0.6 is 0 Å². The van der Waals surface area contributed by atoms with Gasteiger partial charge in [-0.25, -0.2) is 9.59 Å². The monoisotopic (exact) mass is 399 g/mol. The maximum absolute atomic E-state index is 12.2. The second kappa shape index (κ2) is 7.59. The molecule has 2 aromatic rings. The minimum atomic E-state index is -0.967. The summed E-state index contributed by atoms with van der Waals surface area (Å²) in [4.78, 5) is 30.2. The second-order valence-electron chi connectivity index (χ2n) is 7.03. The summed E-state index contributed by atoms with van der Waals surface area (Å²) < 4.78 is 11.0. The minimum absolute atomic E-state index is 0.246. The number of aliphatic hydroxyl groups excluding tert-OH is 1. The Labute approximate surface area is 167 Å². The summed E-state index contributed by atoms with van der Waals surface area (Å²) in [7, 11) is 1.52. The number of likely N-dealkylation sites (N-methyl/N-ethyl adjacent to an activating group) is 1. The van der Waals surface area contributed by atoms with Crippen LogP contribution in [-0.2, 0) is 11.2 Å². The van der Waals surface area contributed by atoms with E-state index < -0.39 is 18.3 Å². The molecule has 2 atom stereocenters. The van der Waals surface area contributed by atoms with E-state index >= 15 is 0 Å². The number of fused-ring (bicyclic) bond motifs is 3. The van der Waals surface area contributed by atoms with Crippen molar-refractivity contribution in [2.24, 2.45) is 0 Å². The van der Waals surface area contributed by atoms with Gasteiger partial charge in [0, 0.05) is 37.5 Å². The Morgan fingerprint density at radius 1 is 1.31 bits per heavy atom. The molecule has 1 saturated heterocycles. The van der Waals surface area contributed by atoms with E-state index in [2.05, 4.69) is 4.98 Å². The van der Waals surface area contributed by atoms with Gasteiger partial charge in [0.2, 0.25) is 0 Å². The van der Waals surface area contributed by atoms with Gasteiger partial charge in [-0.3, -0.25) is 9.88 Å². The van der Waals surface area contributed by atoms with Crippen LogP contribution in [0.1, 0.15) is 5.69 Å². The van der Waals surface area contributed by atoms with Gasteiger partial charge in [0.05, 0.1) is 12.3 Å². The number of rotatable bonds is 5. The van der Waals surface area contributed by atoms with Crippen LogP contribution in [0, 0.1) is 0 Å². The summed E-state index contributed by atoms with van der Waals surface area (Å²) in [6, 6.07) is 8.97. The molecule has 0 spiro atoms. The number of hydrogen-bond acceptors (Lipinski definition) is 6. The number of amides is 2. The lowest BCUT2D eigenvalue weighted by Gasteiger charge is -2.31. The number of carboxylic acid groups (broad SMARTS) is 1. The van der Waals surface area contributed by atoms with Gasteiger partial charge in [0.15, 0.2) is 6.10 Å². The molecule has 2 aliphatic heterocycles. The van der Waals surface area contributed by atoms with Crippen molar-refractivity contribution in [2.45, 2.75) is 18.6 Å². The van der Waals surface area contributed by atoms with Crippen LogP contribution < -0.4 is 9.64 Å². The van der Waals surface area contributed by atoms with E-state index in [0.29, 0.717) is 24.4 Å². The molecule has 0 radical (unpaired) electrons. The van der Waals surface area contributed by atoms with Crippen molar-refractivity contribution in [3.63, 3.8) is 0 Å². The molecule has 3 heterocycles. The Hall–Kier alpha value is -3.33. The number of nitrogens with zero attached hydrogens (tertiary/aromatic N) is 3. The fraction of sp³-hybridized carbons (Fsp3) is 0.350. The average Bonchev–Trinajstić information content (AvgIpc) is 3.08. The molecule has 2 unspecified atom stereocenters. The Balaban J connectivity index is 1.51. The molecule has 29 heavy (non-hydrogen) atoms. The number of aliphatic hydroxyl groups is 1. The first-order chi connectivity index (χ1) is 14.0. The number of pyridine rings is 1. The number of hydrogen-bond donors (Lipinski definition) is 2. The van der Waals surface area contributed by atoms with Crippen molar-refractivity contribution < 1.29 is 29.3 Å². The van der Waals surface area contributed by atoms with E-state index in [1.807, 2.05) is 24.3 Å². The number of cyclic esters (lactones) is 1. The second-order valence-corrected chi connectivity index (χ2v) is 7.03. The molecule has 4 rings (SSSR count). The zero-order valence-electron chi connectivity index (χ0n) is 15.8. The predicted molar refractivity (Wildman–Crippen MR) is 103 cm³/mol. The highest BCUT2D eigenvalue weighted by Crippen LogP contribution is 2.40. The number of carbonyl (C=O) groups excluding carboxylic acids is 1. The molecule has 2 N–H and O–H groups in total. The normalized spacial score (nSPS) is 19.8. The lowest BCUT2D eigenvalue weighted by Crippen LogP contribution is -2.45. The van der Waals surface area contributed by atoms with Gasteiger partial charge >= 0.3 is 12.2 Å². The first-order valence-corrected chi connectivity index (χ1v) is 9.25. The average molecular weight is 399 g/mol. The molecule has 0 bridgehead atoms. The lowest BCUT2D eigenvalue weighted by molar-refractivity contribution is 0.0734. The van der Waals surface area contributed by atoms with Gasteiger partial charge in [-0.05, 0) is 23.8 Å². The Morgan fingerprint density at radius 3 is 2.79 bits per heavy atom. The standard InChI is InChI=1S/C20H21N3O6/c1-22(19(25)26)7-6-14-4-2-13(9-21-14)12-3-5-15-17(8-12)28-11-16-18(10-24)29-20(27)23(15)16/h2-5,8-9,16,18,24H,6-7,10-11H2,1H3,(H,25,26). The minimum Gasteiger partial charge on any atom is -0.489 e.